The SMILES string of the molecule is CN(Cc1cnc2nc(N)nc(N)c2n1)c1ccc(C(=O)N[C@H](CCC(=O)O)C(=O)N2CCC[C@@H]2C(=O)O)cc1. The topological polar surface area (TPSA) is 231 Å². The number of fused-ring (bicyclic) bond motifs is 1. The molecule has 3 heterocycles. The second kappa shape index (κ2) is 11.8. The molecule has 1 aliphatic rings. The minimum absolute atomic E-state index is 0.00590. The van der Waals surface area contributed by atoms with E-state index in [1.807, 2.05) is 11.9 Å². The van der Waals surface area contributed by atoms with E-state index in [2.05, 4.69) is 25.3 Å². The molecule has 7 N–H and O–H groups in total. The normalized spacial score (nSPS) is 15.5. The van der Waals surface area contributed by atoms with Crippen LogP contribution in [0.2, 0.25) is 0 Å². The molecule has 40 heavy (non-hydrogen) atoms. The van der Waals surface area contributed by atoms with Gasteiger partial charge in [0.1, 0.15) is 12.1 Å². The predicted octanol–water partition coefficient (Wildman–Crippen LogP) is 0.259. The lowest BCUT2D eigenvalue weighted by Gasteiger charge is -2.27. The zero-order chi connectivity index (χ0) is 29.0. The number of aliphatic carboxylic acids is 2. The van der Waals surface area contributed by atoms with Gasteiger partial charge in [-0.25, -0.2) is 14.8 Å². The summed E-state index contributed by atoms with van der Waals surface area (Å²) < 4.78 is 0. The Labute approximate surface area is 228 Å². The molecule has 0 unspecified atom stereocenters. The highest BCUT2D eigenvalue weighted by molar-refractivity contribution is 5.98. The number of benzene rings is 1. The van der Waals surface area contributed by atoms with Crippen molar-refractivity contribution in [1.29, 1.82) is 0 Å². The van der Waals surface area contributed by atoms with Crippen LogP contribution in [-0.4, -0.2) is 84.5 Å². The van der Waals surface area contributed by atoms with Gasteiger partial charge in [0.05, 0.1) is 18.4 Å². The number of carboxylic acids is 2. The fraction of sp³-hybridized carbons (Fsp3) is 0.360. The summed E-state index contributed by atoms with van der Waals surface area (Å²) >= 11 is 0. The number of nitrogens with two attached hydrogens (primary N) is 2. The molecule has 210 valence electrons. The maximum atomic E-state index is 13.1. The maximum Gasteiger partial charge on any atom is 0.326 e. The standard InChI is InChI=1S/C25H29N9O6/c1-33(12-14-11-28-21-19(29-14)20(26)31-25(27)32-21)15-6-4-13(5-7-15)22(37)30-16(8-9-18(35)36)23(38)34-10-2-3-17(34)24(39)40/h4-7,11,16-17H,2-3,8-10,12H2,1H3,(H,30,37)(H,35,36)(H,39,40)(H4,26,27,28,31,32)/t16-,17-/m1/s1. The minimum Gasteiger partial charge on any atom is -0.481 e. The minimum atomic E-state index is -1.18. The molecule has 15 heteroatoms. The number of rotatable bonds is 10. The number of anilines is 3. The molecule has 2 amide bonds. The summed E-state index contributed by atoms with van der Waals surface area (Å²) in [6.07, 6.45) is 1.83. The fourth-order valence-corrected chi connectivity index (χ4v) is 4.51. The quantitative estimate of drug-likeness (QED) is 0.228. The molecule has 2 aromatic heterocycles. The number of amides is 2. The third-order valence-electron chi connectivity index (χ3n) is 6.54. The molecule has 1 aromatic carbocycles. The van der Waals surface area contributed by atoms with Gasteiger partial charge in [-0.3, -0.25) is 14.4 Å². The zero-order valence-electron chi connectivity index (χ0n) is 21.6. The number of nitrogen functional groups attached to an aromatic ring is 2. The Morgan fingerprint density at radius 2 is 1.85 bits per heavy atom. The number of nitrogens with one attached hydrogen (secondary N) is 1. The molecule has 4 rings (SSSR count). The van der Waals surface area contributed by atoms with Crippen molar-refractivity contribution in [3.05, 3.63) is 41.7 Å². The van der Waals surface area contributed by atoms with E-state index in [4.69, 9.17) is 16.6 Å². The Bertz CT molecular complexity index is 1450. The van der Waals surface area contributed by atoms with E-state index in [9.17, 15) is 24.3 Å². The first kappa shape index (κ1) is 27.9. The van der Waals surface area contributed by atoms with Gasteiger partial charge in [-0.2, -0.15) is 9.97 Å². The molecule has 0 radical (unpaired) electrons. The molecule has 15 nitrogen and oxygen atoms in total. The Morgan fingerprint density at radius 1 is 1.12 bits per heavy atom. The summed E-state index contributed by atoms with van der Waals surface area (Å²) in [5.41, 5.74) is 13.7. The largest absolute Gasteiger partial charge is 0.481 e. The molecule has 2 atom stereocenters. The molecule has 0 aliphatic carbocycles. The number of hydrogen-bond acceptors (Lipinski definition) is 11. The second-order valence-corrected chi connectivity index (χ2v) is 9.39. The van der Waals surface area contributed by atoms with Crippen LogP contribution >= 0.6 is 0 Å². The van der Waals surface area contributed by atoms with E-state index in [-0.39, 0.29) is 42.4 Å². The van der Waals surface area contributed by atoms with Crippen molar-refractivity contribution in [3.63, 3.8) is 0 Å². The van der Waals surface area contributed by atoms with Crippen molar-refractivity contribution < 1.29 is 29.4 Å². The molecular weight excluding hydrogens is 522 g/mol. The van der Waals surface area contributed by atoms with Crippen LogP contribution in [0.15, 0.2) is 30.5 Å². The number of hydrogen-bond donors (Lipinski definition) is 5. The monoisotopic (exact) mass is 551 g/mol. The van der Waals surface area contributed by atoms with Crippen LogP contribution in [0, 0.1) is 0 Å². The molecule has 0 saturated carbocycles. The number of carboxylic acid groups (broad SMARTS) is 2. The Morgan fingerprint density at radius 3 is 2.52 bits per heavy atom. The van der Waals surface area contributed by atoms with Crippen molar-refractivity contribution in [2.75, 3.05) is 30.0 Å². The highest BCUT2D eigenvalue weighted by Gasteiger charge is 2.37. The number of nitrogens with zero attached hydrogens (tertiary/aromatic N) is 6. The molecule has 1 aliphatic heterocycles. The van der Waals surface area contributed by atoms with Crippen molar-refractivity contribution in [1.82, 2.24) is 30.2 Å². The van der Waals surface area contributed by atoms with Crippen molar-refractivity contribution >= 4 is 52.4 Å². The van der Waals surface area contributed by atoms with Gasteiger partial charge >= 0.3 is 11.9 Å². The van der Waals surface area contributed by atoms with Gasteiger partial charge in [0.15, 0.2) is 17.0 Å². The highest BCUT2D eigenvalue weighted by atomic mass is 16.4. The maximum absolute atomic E-state index is 13.1. The second-order valence-electron chi connectivity index (χ2n) is 9.39. The van der Waals surface area contributed by atoms with Crippen LogP contribution in [0.4, 0.5) is 17.5 Å². The van der Waals surface area contributed by atoms with Crippen LogP contribution in [0.5, 0.6) is 0 Å². The first-order chi connectivity index (χ1) is 19.0. The van der Waals surface area contributed by atoms with Crippen LogP contribution < -0.4 is 21.7 Å². The third-order valence-corrected chi connectivity index (χ3v) is 6.54. The van der Waals surface area contributed by atoms with Gasteiger partial charge < -0.3 is 36.8 Å². The van der Waals surface area contributed by atoms with E-state index < -0.39 is 35.8 Å². The molecule has 0 bridgehead atoms. The van der Waals surface area contributed by atoms with Crippen LogP contribution in [0.1, 0.15) is 41.7 Å². The number of carbonyl (C=O) groups is 4. The summed E-state index contributed by atoms with van der Waals surface area (Å²) in [7, 11) is 1.82. The summed E-state index contributed by atoms with van der Waals surface area (Å²) in [4.78, 5) is 68.4. The van der Waals surface area contributed by atoms with Crippen LogP contribution in [-0.2, 0) is 20.9 Å². The molecular formula is C25H29N9O6. The van der Waals surface area contributed by atoms with Crippen molar-refractivity contribution in [3.8, 4) is 0 Å². The summed E-state index contributed by atoms with van der Waals surface area (Å²) in [6, 6.07) is 4.37. The number of likely N-dealkylation sites (tertiary alicyclic amines) is 1. The van der Waals surface area contributed by atoms with Gasteiger partial charge in [0.2, 0.25) is 11.9 Å². The van der Waals surface area contributed by atoms with E-state index in [1.165, 1.54) is 4.90 Å². The summed E-state index contributed by atoms with van der Waals surface area (Å²) in [6.45, 7) is 0.580. The zero-order valence-corrected chi connectivity index (χ0v) is 21.6. The Kier molecular flexibility index (Phi) is 8.21. The lowest BCUT2D eigenvalue weighted by molar-refractivity contribution is -0.149. The third kappa shape index (κ3) is 6.31. The molecule has 3 aromatic rings. The van der Waals surface area contributed by atoms with Crippen LogP contribution in [0.25, 0.3) is 11.2 Å². The lowest BCUT2D eigenvalue weighted by atomic mass is 10.1. The first-order valence-corrected chi connectivity index (χ1v) is 12.4. The summed E-state index contributed by atoms with van der Waals surface area (Å²) in [5, 5.41) is 21.1. The molecule has 1 saturated heterocycles. The number of carbonyl (C=O) groups excluding carboxylic acids is 2. The lowest BCUT2D eigenvalue weighted by Crippen LogP contribution is -2.51. The Balaban J connectivity index is 1.44. The first-order valence-electron chi connectivity index (χ1n) is 12.4. The smallest absolute Gasteiger partial charge is 0.326 e. The van der Waals surface area contributed by atoms with Crippen molar-refractivity contribution in [2.24, 2.45) is 0 Å². The van der Waals surface area contributed by atoms with Gasteiger partial charge in [0.25, 0.3) is 5.91 Å². The van der Waals surface area contributed by atoms with E-state index in [0.717, 1.165) is 5.69 Å². The van der Waals surface area contributed by atoms with Crippen LogP contribution in [0.3, 0.4) is 0 Å². The van der Waals surface area contributed by atoms with Gasteiger partial charge in [-0.05, 0) is 43.5 Å². The number of aromatic nitrogens is 4. The van der Waals surface area contributed by atoms with E-state index in [0.29, 0.717) is 30.6 Å². The highest BCUT2D eigenvalue weighted by Crippen LogP contribution is 2.21. The van der Waals surface area contributed by atoms with Gasteiger partial charge in [0, 0.05) is 31.3 Å². The predicted molar refractivity (Wildman–Crippen MR) is 143 cm³/mol. The molecule has 0 spiro atoms. The average Bonchev–Trinajstić information content (AvgIpc) is 3.41. The van der Waals surface area contributed by atoms with E-state index in [1.54, 1.807) is 30.5 Å². The summed E-state index contributed by atoms with van der Waals surface area (Å²) in [5.74, 6) is -3.33. The Hall–Kier alpha value is -5.08. The van der Waals surface area contributed by atoms with Gasteiger partial charge in [-0.15, -0.1) is 0 Å². The average molecular weight is 552 g/mol. The van der Waals surface area contributed by atoms with E-state index >= 15 is 0 Å². The fourth-order valence-electron chi connectivity index (χ4n) is 4.51. The van der Waals surface area contributed by atoms with Crippen molar-refractivity contribution in [2.45, 2.75) is 44.3 Å². The van der Waals surface area contributed by atoms with Gasteiger partial charge in [-0.1, -0.05) is 0 Å². The molecule has 1 fully saturated rings.